The number of benzene rings is 1. The molecular formula is C25H27F3N4O2. The van der Waals surface area contributed by atoms with Crippen LogP contribution in [0.1, 0.15) is 59.9 Å². The summed E-state index contributed by atoms with van der Waals surface area (Å²) >= 11 is 0. The van der Waals surface area contributed by atoms with Crippen molar-refractivity contribution in [3.8, 4) is 17.1 Å². The molecule has 0 saturated heterocycles. The highest BCUT2D eigenvalue weighted by atomic mass is 19.2. The third kappa shape index (κ3) is 3.82. The summed E-state index contributed by atoms with van der Waals surface area (Å²) in [6.07, 6.45) is 3.24. The number of fused-ring (bicyclic) bond motifs is 1. The molecule has 0 saturated carbocycles. The number of rotatable bonds is 5. The summed E-state index contributed by atoms with van der Waals surface area (Å²) < 4.78 is 48.4. The van der Waals surface area contributed by atoms with E-state index in [0.29, 0.717) is 42.1 Å². The lowest BCUT2D eigenvalue weighted by Crippen LogP contribution is -2.47. The van der Waals surface area contributed by atoms with Gasteiger partial charge in [-0.05, 0) is 44.4 Å². The molecule has 0 bridgehead atoms. The fraction of sp³-hybridized carbons (Fsp3) is 0.400. The molecule has 0 spiro atoms. The average Bonchev–Trinajstić information content (AvgIpc) is 3.15. The fourth-order valence-corrected chi connectivity index (χ4v) is 4.91. The first-order chi connectivity index (χ1) is 16.2. The molecule has 34 heavy (non-hydrogen) atoms. The van der Waals surface area contributed by atoms with Gasteiger partial charge in [-0.2, -0.15) is 5.10 Å². The van der Waals surface area contributed by atoms with Gasteiger partial charge in [-0.25, -0.2) is 18.2 Å². The third-order valence-corrected chi connectivity index (χ3v) is 6.48. The van der Waals surface area contributed by atoms with Crippen LogP contribution in [0.15, 0.2) is 24.4 Å². The van der Waals surface area contributed by atoms with Crippen LogP contribution in [0.4, 0.5) is 13.2 Å². The quantitative estimate of drug-likeness (QED) is 0.482. The maximum absolute atomic E-state index is 14.0. The van der Waals surface area contributed by atoms with Gasteiger partial charge < -0.3 is 9.64 Å². The van der Waals surface area contributed by atoms with Gasteiger partial charge in [-0.3, -0.25) is 9.48 Å². The number of carbonyl (C=O) groups excluding carboxylic acids is 1. The molecule has 1 aromatic carbocycles. The molecule has 2 atom stereocenters. The molecule has 0 radical (unpaired) electrons. The molecule has 0 N–H and O–H groups in total. The van der Waals surface area contributed by atoms with Gasteiger partial charge in [0.2, 0.25) is 5.88 Å². The highest BCUT2D eigenvalue weighted by molar-refractivity contribution is 5.95. The number of methoxy groups -OCH3 is 1. The maximum Gasteiger partial charge on any atom is 0.256 e. The van der Waals surface area contributed by atoms with Crippen molar-refractivity contribution in [1.82, 2.24) is 19.7 Å². The van der Waals surface area contributed by atoms with E-state index in [0.717, 1.165) is 23.3 Å². The Morgan fingerprint density at radius 3 is 2.38 bits per heavy atom. The molecule has 0 fully saturated rings. The van der Waals surface area contributed by atoms with Gasteiger partial charge in [-0.15, -0.1) is 0 Å². The molecule has 1 aliphatic rings. The molecule has 6 nitrogen and oxygen atoms in total. The van der Waals surface area contributed by atoms with Crippen molar-refractivity contribution in [3.05, 3.63) is 64.2 Å². The molecule has 3 heterocycles. The van der Waals surface area contributed by atoms with E-state index in [-0.39, 0.29) is 23.6 Å². The van der Waals surface area contributed by atoms with E-state index in [1.165, 1.54) is 13.3 Å². The molecule has 2 aromatic heterocycles. The van der Waals surface area contributed by atoms with Crippen LogP contribution < -0.4 is 4.74 Å². The molecule has 3 aromatic rings. The lowest BCUT2D eigenvalue weighted by molar-refractivity contribution is 0.0512. The van der Waals surface area contributed by atoms with E-state index in [4.69, 9.17) is 4.74 Å². The topological polar surface area (TPSA) is 60.2 Å². The summed E-state index contributed by atoms with van der Waals surface area (Å²) in [5.74, 6) is -3.70. The van der Waals surface area contributed by atoms with Gasteiger partial charge in [0.15, 0.2) is 17.5 Å². The number of pyridine rings is 1. The second-order valence-electron chi connectivity index (χ2n) is 8.54. The van der Waals surface area contributed by atoms with E-state index < -0.39 is 17.5 Å². The van der Waals surface area contributed by atoms with Crippen LogP contribution in [-0.2, 0) is 13.5 Å². The van der Waals surface area contributed by atoms with Crippen LogP contribution in [0.2, 0.25) is 0 Å². The normalized spacial score (nSPS) is 17.6. The molecule has 1 unspecified atom stereocenters. The number of carbonyl (C=O) groups is 1. The summed E-state index contributed by atoms with van der Waals surface area (Å²) in [6, 6.07) is 3.24. The van der Waals surface area contributed by atoms with Crippen molar-refractivity contribution in [2.24, 2.45) is 7.05 Å². The van der Waals surface area contributed by atoms with E-state index in [1.807, 2.05) is 25.7 Å². The average molecular weight is 473 g/mol. The van der Waals surface area contributed by atoms with Crippen LogP contribution in [0.3, 0.4) is 0 Å². The number of ether oxygens (including phenoxy) is 1. The van der Waals surface area contributed by atoms with Crippen molar-refractivity contribution >= 4 is 5.91 Å². The Hall–Kier alpha value is -3.36. The predicted molar refractivity (Wildman–Crippen MR) is 121 cm³/mol. The monoisotopic (exact) mass is 472 g/mol. The van der Waals surface area contributed by atoms with Gasteiger partial charge >= 0.3 is 0 Å². The first-order valence-electron chi connectivity index (χ1n) is 11.3. The zero-order chi connectivity index (χ0) is 24.7. The lowest BCUT2D eigenvalue weighted by Gasteiger charge is -2.41. The lowest BCUT2D eigenvalue weighted by atomic mass is 9.87. The first-order valence-corrected chi connectivity index (χ1v) is 11.3. The zero-order valence-electron chi connectivity index (χ0n) is 19.8. The molecular weight excluding hydrogens is 445 g/mol. The summed E-state index contributed by atoms with van der Waals surface area (Å²) in [4.78, 5) is 19.7. The van der Waals surface area contributed by atoms with Crippen molar-refractivity contribution in [2.45, 2.75) is 52.1 Å². The second kappa shape index (κ2) is 9.12. The van der Waals surface area contributed by atoms with E-state index in [9.17, 15) is 18.0 Å². The number of halogens is 3. The van der Waals surface area contributed by atoms with Gasteiger partial charge in [0.25, 0.3) is 5.91 Å². The Labute approximate surface area is 196 Å². The summed E-state index contributed by atoms with van der Waals surface area (Å²) in [5, 5.41) is 4.65. The Morgan fingerprint density at radius 1 is 1.15 bits per heavy atom. The number of aryl methyl sites for hydroxylation is 2. The Morgan fingerprint density at radius 2 is 1.82 bits per heavy atom. The summed E-state index contributed by atoms with van der Waals surface area (Å²) in [7, 11) is 3.21. The van der Waals surface area contributed by atoms with Crippen LogP contribution in [0.25, 0.3) is 11.3 Å². The number of nitrogens with zero attached hydrogens (tertiary/aromatic N) is 4. The first kappa shape index (κ1) is 23.8. The molecule has 1 aliphatic heterocycles. The molecule has 4 rings (SSSR count). The highest BCUT2D eigenvalue weighted by Crippen LogP contribution is 2.41. The van der Waals surface area contributed by atoms with Crippen LogP contribution in [0.5, 0.6) is 5.88 Å². The number of aromatic nitrogens is 3. The standard InChI is InChI=1S/C25H27F3N4O2/c1-6-16-11-17-22(30-31(4)23(17)14-9-18(26)21(28)19(27)10-14)20(7-2)32(16)25(33)15-8-13(3)24(34-5)29-12-15/h8-10,12,16,20H,6-7,11H2,1-5H3/t16?,20-/m0/s1. The SMILES string of the molecule is CCC1Cc2c(nn(C)c2-c2cc(F)c(F)c(F)c2)[C@H](CC)N1C(=O)c1cnc(OC)c(C)c1. The third-order valence-electron chi connectivity index (χ3n) is 6.48. The molecule has 0 aliphatic carbocycles. The van der Waals surface area contributed by atoms with Crippen LogP contribution >= 0.6 is 0 Å². The summed E-state index contributed by atoms with van der Waals surface area (Å²) in [6.45, 7) is 5.79. The van der Waals surface area contributed by atoms with Gasteiger partial charge in [-0.1, -0.05) is 13.8 Å². The number of hydrogen-bond acceptors (Lipinski definition) is 4. The second-order valence-corrected chi connectivity index (χ2v) is 8.54. The van der Waals surface area contributed by atoms with Crippen LogP contribution in [0, 0.1) is 24.4 Å². The number of hydrogen-bond donors (Lipinski definition) is 0. The Kier molecular flexibility index (Phi) is 6.38. The van der Waals surface area contributed by atoms with Crippen molar-refractivity contribution < 1.29 is 22.7 Å². The molecule has 1 amide bonds. The Balaban J connectivity index is 1.81. The minimum absolute atomic E-state index is 0.159. The minimum atomic E-state index is -1.50. The van der Waals surface area contributed by atoms with E-state index >= 15 is 0 Å². The number of amides is 1. The van der Waals surface area contributed by atoms with Gasteiger partial charge in [0, 0.05) is 36.0 Å². The van der Waals surface area contributed by atoms with Crippen molar-refractivity contribution in [3.63, 3.8) is 0 Å². The van der Waals surface area contributed by atoms with Crippen molar-refractivity contribution in [2.75, 3.05) is 7.11 Å². The zero-order valence-corrected chi connectivity index (χ0v) is 19.8. The Bertz CT molecular complexity index is 1230. The summed E-state index contributed by atoms with van der Waals surface area (Å²) in [5.41, 5.74) is 3.46. The maximum atomic E-state index is 14.0. The molecule has 180 valence electrons. The highest BCUT2D eigenvalue weighted by Gasteiger charge is 2.40. The molecule has 9 heteroatoms. The smallest absolute Gasteiger partial charge is 0.256 e. The predicted octanol–water partition coefficient (Wildman–Crippen LogP) is 5.14. The van der Waals surface area contributed by atoms with Gasteiger partial charge in [0.05, 0.1) is 30.1 Å². The van der Waals surface area contributed by atoms with E-state index in [2.05, 4.69) is 10.1 Å². The fourth-order valence-electron chi connectivity index (χ4n) is 4.91. The van der Waals surface area contributed by atoms with Crippen LogP contribution in [-0.4, -0.2) is 38.7 Å². The van der Waals surface area contributed by atoms with Gasteiger partial charge in [0.1, 0.15) is 0 Å². The minimum Gasteiger partial charge on any atom is -0.481 e. The largest absolute Gasteiger partial charge is 0.481 e. The van der Waals surface area contributed by atoms with Crippen molar-refractivity contribution in [1.29, 1.82) is 0 Å². The van der Waals surface area contributed by atoms with E-state index in [1.54, 1.807) is 17.8 Å².